The quantitative estimate of drug-likeness (QED) is 0.269. The molecule has 0 unspecified atom stereocenters. The van der Waals surface area contributed by atoms with Crippen LogP contribution < -0.4 is 10.2 Å². The van der Waals surface area contributed by atoms with Crippen molar-refractivity contribution in [1.82, 2.24) is 0 Å². The van der Waals surface area contributed by atoms with Crippen LogP contribution in [0.4, 0.5) is 4.79 Å². The minimum atomic E-state index is -2.33. The van der Waals surface area contributed by atoms with E-state index in [1.165, 1.54) is 0 Å². The topological polar surface area (TPSA) is 363 Å². The molecule has 10 N–H and O–H groups in total. The van der Waals surface area contributed by atoms with Crippen LogP contribution in [0.2, 0.25) is 0 Å². The van der Waals surface area contributed by atoms with Crippen molar-refractivity contribution < 1.29 is 69.8 Å². The predicted octanol–water partition coefficient (Wildman–Crippen LogP) is -5.74. The minimum absolute atomic E-state index is 0. The first-order chi connectivity index (χ1) is 1.73. The second kappa shape index (κ2) is 292. The van der Waals surface area contributed by atoms with E-state index >= 15 is 0 Å². The van der Waals surface area contributed by atoms with Gasteiger partial charge in [0.05, 0.1) is 0 Å². The molecule has 0 atom stereocenters. The second-order valence-corrected chi connectivity index (χ2v) is 0.250. The summed E-state index contributed by atoms with van der Waals surface area (Å²) in [6, 6.07) is 0. The third kappa shape index (κ3) is 2540. The van der Waals surface area contributed by atoms with Crippen LogP contribution in [0, 0.1) is 0 Å². The molecule has 0 fully saturated rings. The van der Waals surface area contributed by atoms with E-state index in [0.717, 1.165) is 0 Å². The van der Waals surface area contributed by atoms with Gasteiger partial charge in [-0.3, -0.25) is 0 Å². The molecule has 17 heteroatoms. The molecule has 0 aromatic carbocycles. The van der Waals surface area contributed by atoms with Crippen LogP contribution in [0.5, 0.6) is 0 Å². The van der Waals surface area contributed by atoms with Gasteiger partial charge in [0.25, 0.3) is 0 Å². The SMILES string of the molecule is O=C([O-])[O-].[Al+3].[Al+3].[Al+3].[Bi+3].[OH-].[OH-].[OH-].[OH-].[OH-].[OH-].[OH-].[OH-].[OH-].[OH-]. The maximum absolute atomic E-state index is 8.33. The summed E-state index contributed by atoms with van der Waals surface area (Å²) in [6.45, 7) is 0. The zero-order valence-electron chi connectivity index (χ0n) is 8.38. The summed E-state index contributed by atoms with van der Waals surface area (Å²) in [5.74, 6) is 0. The van der Waals surface area contributed by atoms with E-state index in [1.54, 1.807) is 0 Å². The van der Waals surface area contributed by atoms with E-state index in [4.69, 9.17) is 15.0 Å². The molecule has 106 valence electrons. The van der Waals surface area contributed by atoms with E-state index in [0.29, 0.717) is 0 Å². The van der Waals surface area contributed by atoms with Crippen LogP contribution in [-0.2, 0) is 0 Å². The molecule has 0 saturated heterocycles. The molecule has 2 radical (unpaired) electrons. The first kappa shape index (κ1) is 344. The van der Waals surface area contributed by atoms with Crippen molar-refractivity contribution >= 4 is 84.4 Å². The fourth-order valence-electron chi connectivity index (χ4n) is 0. The van der Waals surface area contributed by atoms with Crippen molar-refractivity contribution in [2.45, 2.75) is 0 Å². The molecular weight excluding hydrogens is 510 g/mol. The average molecular weight is 520 g/mol. The van der Waals surface area contributed by atoms with Crippen LogP contribution in [-0.4, -0.2) is 139 Å². The number of hydrogen-bond acceptors (Lipinski definition) is 13. The number of carboxylic acid groups (broad SMARTS) is 2. The molecule has 0 heterocycles. The Labute approximate surface area is 153 Å². The number of rotatable bonds is 0. The molecule has 0 rings (SSSR count). The summed E-state index contributed by atoms with van der Waals surface area (Å²) in [7, 11) is 0. The van der Waals surface area contributed by atoms with E-state index in [1.807, 2.05) is 0 Å². The zero-order valence-corrected chi connectivity index (χ0v) is 15.3. The van der Waals surface area contributed by atoms with Crippen molar-refractivity contribution in [2.24, 2.45) is 0 Å². The normalized spacial score (nSPS) is 1.33. The monoisotopic (exact) mass is 520 g/mol. The van der Waals surface area contributed by atoms with Crippen molar-refractivity contribution in [3.8, 4) is 0 Å². The van der Waals surface area contributed by atoms with Gasteiger partial charge in [-0.1, -0.05) is 0 Å². The van der Waals surface area contributed by atoms with Gasteiger partial charge in [0.15, 0.2) is 0 Å². The summed E-state index contributed by atoms with van der Waals surface area (Å²) in [5, 5.41) is 16.7. The van der Waals surface area contributed by atoms with Crippen LogP contribution in [0.3, 0.4) is 0 Å². The summed E-state index contributed by atoms with van der Waals surface area (Å²) in [4.78, 5) is 8.33. The molecule has 18 heavy (non-hydrogen) atoms. The zero-order chi connectivity index (χ0) is 3.58. The molecular formula is CH10Al3BiO13. The van der Waals surface area contributed by atoms with Crippen molar-refractivity contribution in [2.75, 3.05) is 0 Å². The summed E-state index contributed by atoms with van der Waals surface area (Å²) < 4.78 is 0. The standard InChI is InChI=1S/CH2O3.3Al.Bi.10H2O/c2-1(3)4;;;;;;;;;;;;;;/h(H2,2,3,4);;;;;10*1H2/q;4*+3;;;;;;;;;;/p-12. The van der Waals surface area contributed by atoms with Crippen molar-refractivity contribution in [3.05, 3.63) is 0 Å². The number of carbonyl (C=O) groups is 1. The van der Waals surface area contributed by atoms with E-state index in [2.05, 4.69) is 0 Å². The Hall–Kier alpha value is 1.35. The van der Waals surface area contributed by atoms with Gasteiger partial charge in [-0.15, -0.1) is 0 Å². The molecule has 0 spiro atoms. The first-order valence-corrected chi connectivity index (χ1v) is 0.612. The van der Waals surface area contributed by atoms with Gasteiger partial charge >= 0.3 is 78.3 Å². The number of hydrogen-bond donors (Lipinski definition) is 0. The van der Waals surface area contributed by atoms with Crippen molar-refractivity contribution in [1.29, 1.82) is 0 Å². The van der Waals surface area contributed by atoms with Crippen LogP contribution >= 0.6 is 0 Å². The molecule has 13 nitrogen and oxygen atoms in total. The Morgan fingerprint density at radius 1 is 0.500 bits per heavy atom. The van der Waals surface area contributed by atoms with Gasteiger partial charge in [-0.05, 0) is 6.16 Å². The van der Waals surface area contributed by atoms with Gasteiger partial charge in [0.1, 0.15) is 0 Å². The Morgan fingerprint density at radius 3 is 0.500 bits per heavy atom. The molecule has 0 aliphatic rings. The summed E-state index contributed by atoms with van der Waals surface area (Å²) in [6.07, 6.45) is -2.33. The molecule has 0 aromatic rings. The van der Waals surface area contributed by atoms with Gasteiger partial charge in [-0.25, -0.2) is 0 Å². The Kier molecular flexibility index (Phi) is 5580. The Morgan fingerprint density at radius 2 is 0.500 bits per heavy atom. The van der Waals surface area contributed by atoms with Crippen molar-refractivity contribution in [3.63, 3.8) is 0 Å². The maximum Gasteiger partial charge on any atom is 3.00 e. The summed E-state index contributed by atoms with van der Waals surface area (Å²) >= 11 is 0. The molecule has 0 aliphatic carbocycles. The maximum atomic E-state index is 8.33. The molecule has 0 aromatic heterocycles. The van der Waals surface area contributed by atoms with E-state index < -0.39 is 6.16 Å². The summed E-state index contributed by atoms with van der Waals surface area (Å²) in [5.41, 5.74) is 0. The van der Waals surface area contributed by atoms with Gasteiger partial charge in [0.2, 0.25) is 0 Å². The van der Waals surface area contributed by atoms with Crippen LogP contribution in [0.15, 0.2) is 0 Å². The second-order valence-electron chi connectivity index (χ2n) is 0.250. The molecule has 0 bridgehead atoms. The van der Waals surface area contributed by atoms with E-state index in [-0.39, 0.29) is 133 Å². The average Bonchev–Trinajstić information content (AvgIpc) is 0.811. The Bertz CT molecular complexity index is 45.2. The van der Waals surface area contributed by atoms with Crippen LogP contribution in [0.25, 0.3) is 0 Å². The molecule has 0 amide bonds. The minimum Gasteiger partial charge on any atom is -0.870 e. The third-order valence-corrected chi connectivity index (χ3v) is 0. The van der Waals surface area contributed by atoms with Gasteiger partial charge < -0.3 is 69.8 Å². The Balaban J connectivity index is -0.000000000495. The van der Waals surface area contributed by atoms with E-state index in [9.17, 15) is 0 Å². The van der Waals surface area contributed by atoms with Gasteiger partial charge in [0, 0.05) is 0 Å². The van der Waals surface area contributed by atoms with Crippen LogP contribution in [0.1, 0.15) is 0 Å². The largest absolute Gasteiger partial charge is 3.00 e. The predicted molar refractivity (Wildman–Crippen MR) is 47.8 cm³/mol. The first-order valence-electron chi connectivity index (χ1n) is 0.612. The van der Waals surface area contributed by atoms with Gasteiger partial charge in [-0.2, -0.15) is 0 Å². The molecule has 0 aliphatic heterocycles. The number of carbonyl (C=O) groups excluding carboxylic acids is 1. The fourth-order valence-corrected chi connectivity index (χ4v) is 0. The fraction of sp³-hybridized carbons (Fsp3) is 0. The smallest absolute Gasteiger partial charge is 0.870 e. The molecule has 0 saturated carbocycles. The third-order valence-electron chi connectivity index (χ3n) is 0.